The van der Waals surface area contributed by atoms with Crippen molar-refractivity contribution in [1.29, 1.82) is 0 Å². The van der Waals surface area contributed by atoms with Gasteiger partial charge in [-0.2, -0.15) is 5.10 Å². The highest BCUT2D eigenvalue weighted by Crippen LogP contribution is 2.28. The smallest absolute Gasteiger partial charge is 0.219 e. The van der Waals surface area contributed by atoms with Crippen LogP contribution in [0.1, 0.15) is 37.4 Å². The molecule has 7 heteroatoms. The van der Waals surface area contributed by atoms with Crippen LogP contribution in [0.2, 0.25) is 0 Å². The first-order chi connectivity index (χ1) is 12.4. The number of hydrogen-bond donors (Lipinski definition) is 1. The molecule has 1 amide bonds. The highest BCUT2D eigenvalue weighted by molar-refractivity contribution is 5.73. The summed E-state index contributed by atoms with van der Waals surface area (Å²) in [4.78, 5) is 17.9. The van der Waals surface area contributed by atoms with Gasteiger partial charge in [0.05, 0.1) is 17.8 Å². The van der Waals surface area contributed by atoms with E-state index in [-0.39, 0.29) is 5.91 Å². The quantitative estimate of drug-likeness (QED) is 0.842. The van der Waals surface area contributed by atoms with Gasteiger partial charge in [0, 0.05) is 39.1 Å². The molecule has 0 radical (unpaired) electrons. The van der Waals surface area contributed by atoms with E-state index in [0.717, 1.165) is 56.8 Å². The number of amides is 1. The Bertz CT molecular complexity index is 691. The van der Waals surface area contributed by atoms with Crippen molar-refractivity contribution in [2.75, 3.05) is 44.7 Å². The third kappa shape index (κ3) is 3.42. The third-order valence-electron chi connectivity index (χ3n) is 6.16. The molecule has 2 aliphatic heterocycles. The summed E-state index contributed by atoms with van der Waals surface area (Å²) in [6, 6.07) is 2.60. The summed E-state index contributed by atoms with van der Waals surface area (Å²) in [7, 11) is 2.07. The second kappa shape index (κ2) is 6.78. The Kier molecular flexibility index (Phi) is 4.61. The van der Waals surface area contributed by atoms with E-state index < -0.39 is 5.60 Å². The maximum absolute atomic E-state index is 11.6. The zero-order chi connectivity index (χ0) is 18.3. The lowest BCUT2D eigenvalue weighted by Crippen LogP contribution is -2.63. The van der Waals surface area contributed by atoms with Gasteiger partial charge in [-0.25, -0.2) is 0 Å². The van der Waals surface area contributed by atoms with Gasteiger partial charge < -0.3 is 14.9 Å². The molecular formula is C19H29N5O2. The fourth-order valence-electron chi connectivity index (χ4n) is 4.50. The Morgan fingerprint density at radius 2 is 2.15 bits per heavy atom. The largest absolute Gasteiger partial charge is 0.387 e. The van der Waals surface area contributed by atoms with E-state index in [4.69, 9.17) is 0 Å². The number of aliphatic hydroxyl groups is 1. The van der Waals surface area contributed by atoms with Crippen molar-refractivity contribution in [2.45, 2.75) is 50.7 Å². The number of hydrogen-bond acceptors (Lipinski definition) is 6. The van der Waals surface area contributed by atoms with Crippen LogP contribution in [-0.2, 0) is 17.6 Å². The van der Waals surface area contributed by atoms with E-state index in [2.05, 4.69) is 33.1 Å². The summed E-state index contributed by atoms with van der Waals surface area (Å²) in [5, 5.41) is 19.7. The lowest BCUT2D eigenvalue weighted by molar-refractivity contribution is -0.137. The molecule has 0 spiro atoms. The predicted molar refractivity (Wildman–Crippen MR) is 99.1 cm³/mol. The molecule has 26 heavy (non-hydrogen) atoms. The zero-order valence-corrected chi connectivity index (χ0v) is 15.8. The first-order valence-electron chi connectivity index (χ1n) is 9.72. The molecule has 142 valence electrons. The van der Waals surface area contributed by atoms with Crippen molar-refractivity contribution in [3.63, 3.8) is 0 Å². The minimum absolute atomic E-state index is 0.0516. The molecule has 2 saturated heterocycles. The summed E-state index contributed by atoms with van der Waals surface area (Å²) < 4.78 is 0. The van der Waals surface area contributed by atoms with Crippen LogP contribution in [0.5, 0.6) is 0 Å². The van der Waals surface area contributed by atoms with E-state index >= 15 is 0 Å². The fraction of sp³-hybridized carbons (Fsp3) is 0.737. The number of carbonyl (C=O) groups excluding carboxylic acids is 1. The molecule has 1 atom stereocenters. The maximum atomic E-state index is 11.6. The number of fused-ring (bicyclic) bond motifs is 1. The second-order valence-electron chi connectivity index (χ2n) is 8.27. The van der Waals surface area contributed by atoms with Crippen LogP contribution in [0.3, 0.4) is 0 Å². The molecule has 0 bridgehead atoms. The van der Waals surface area contributed by atoms with Crippen LogP contribution in [0.15, 0.2) is 6.07 Å². The van der Waals surface area contributed by atoms with Crippen molar-refractivity contribution in [2.24, 2.45) is 0 Å². The number of nitrogens with zero attached hydrogens (tertiary/aromatic N) is 5. The molecular weight excluding hydrogens is 330 g/mol. The first kappa shape index (κ1) is 17.7. The lowest BCUT2D eigenvalue weighted by atomic mass is 9.91. The summed E-state index contributed by atoms with van der Waals surface area (Å²) in [5.74, 6) is 1.03. The molecule has 2 fully saturated rings. The zero-order valence-electron chi connectivity index (χ0n) is 15.8. The standard InChI is InChI=1S/C19H29N5O2/c1-14(25)23-8-4-7-19(26,13-23)12-22(2)16-10-24(11-16)18-9-15-5-3-6-17(15)20-21-18/h9,16,26H,3-8,10-13H2,1-2H3. The van der Waals surface area contributed by atoms with E-state index in [1.807, 2.05) is 0 Å². The van der Waals surface area contributed by atoms with Gasteiger partial charge in [-0.05, 0) is 50.8 Å². The number of piperidine rings is 1. The fourth-order valence-corrected chi connectivity index (χ4v) is 4.50. The number of aryl methyl sites for hydroxylation is 2. The Balaban J connectivity index is 1.32. The SMILES string of the molecule is CC(=O)N1CCCC(O)(CN(C)C2CN(c3cc4c(nn3)CCC4)C2)C1. The summed E-state index contributed by atoms with van der Waals surface area (Å²) in [6.07, 6.45) is 4.99. The van der Waals surface area contributed by atoms with Gasteiger partial charge in [0.2, 0.25) is 5.91 Å². The normalized spacial score (nSPS) is 26.2. The average Bonchev–Trinajstić information content (AvgIpc) is 3.00. The topological polar surface area (TPSA) is 72.8 Å². The Hall–Kier alpha value is -1.73. The number of anilines is 1. The maximum Gasteiger partial charge on any atom is 0.219 e. The van der Waals surface area contributed by atoms with Crippen LogP contribution in [0.4, 0.5) is 5.82 Å². The molecule has 7 nitrogen and oxygen atoms in total. The predicted octanol–water partition coefficient (Wildman–Crippen LogP) is 0.459. The molecule has 1 unspecified atom stereocenters. The number of carbonyl (C=O) groups is 1. The van der Waals surface area contributed by atoms with Gasteiger partial charge in [-0.3, -0.25) is 9.69 Å². The Morgan fingerprint density at radius 3 is 2.92 bits per heavy atom. The third-order valence-corrected chi connectivity index (χ3v) is 6.16. The highest BCUT2D eigenvalue weighted by atomic mass is 16.3. The van der Waals surface area contributed by atoms with Crippen LogP contribution >= 0.6 is 0 Å². The molecule has 3 aliphatic rings. The number of β-amino-alcohol motifs (C(OH)–C–C–N with tert-alkyl or cyclic N) is 1. The Morgan fingerprint density at radius 1 is 1.35 bits per heavy atom. The van der Waals surface area contributed by atoms with Crippen molar-refractivity contribution in [3.8, 4) is 0 Å². The van der Waals surface area contributed by atoms with E-state index in [1.165, 1.54) is 12.0 Å². The molecule has 0 aromatic carbocycles. The molecule has 1 aromatic heterocycles. The van der Waals surface area contributed by atoms with Gasteiger partial charge in [0.1, 0.15) is 0 Å². The van der Waals surface area contributed by atoms with Crippen LogP contribution in [-0.4, -0.2) is 82.4 Å². The second-order valence-corrected chi connectivity index (χ2v) is 8.27. The summed E-state index contributed by atoms with van der Waals surface area (Å²) in [5.41, 5.74) is 1.72. The van der Waals surface area contributed by atoms with Crippen LogP contribution < -0.4 is 4.90 Å². The van der Waals surface area contributed by atoms with Crippen molar-refractivity contribution in [1.82, 2.24) is 20.0 Å². The molecule has 4 rings (SSSR count). The first-order valence-corrected chi connectivity index (χ1v) is 9.72. The molecule has 1 N–H and O–H groups in total. The molecule has 0 saturated carbocycles. The van der Waals surface area contributed by atoms with Crippen molar-refractivity contribution in [3.05, 3.63) is 17.3 Å². The monoisotopic (exact) mass is 359 g/mol. The minimum Gasteiger partial charge on any atom is -0.387 e. The number of aromatic nitrogens is 2. The van der Waals surface area contributed by atoms with Gasteiger partial charge in [0.25, 0.3) is 0 Å². The lowest BCUT2D eigenvalue weighted by Gasteiger charge is -2.48. The van der Waals surface area contributed by atoms with Gasteiger partial charge in [-0.15, -0.1) is 5.10 Å². The van der Waals surface area contributed by atoms with E-state index in [0.29, 0.717) is 19.1 Å². The van der Waals surface area contributed by atoms with Gasteiger partial charge in [0.15, 0.2) is 5.82 Å². The van der Waals surface area contributed by atoms with E-state index in [9.17, 15) is 9.90 Å². The molecule has 3 heterocycles. The van der Waals surface area contributed by atoms with Gasteiger partial charge >= 0.3 is 0 Å². The van der Waals surface area contributed by atoms with E-state index in [1.54, 1.807) is 11.8 Å². The summed E-state index contributed by atoms with van der Waals surface area (Å²) in [6.45, 7) is 5.21. The van der Waals surface area contributed by atoms with Gasteiger partial charge in [-0.1, -0.05) is 0 Å². The minimum atomic E-state index is -0.799. The highest BCUT2D eigenvalue weighted by Gasteiger charge is 2.39. The van der Waals surface area contributed by atoms with Crippen molar-refractivity contribution < 1.29 is 9.90 Å². The Labute approximate surface area is 155 Å². The number of likely N-dealkylation sites (N-methyl/N-ethyl adjacent to an activating group) is 1. The van der Waals surface area contributed by atoms with Crippen LogP contribution in [0, 0.1) is 0 Å². The molecule has 1 aromatic rings. The van der Waals surface area contributed by atoms with Crippen LogP contribution in [0.25, 0.3) is 0 Å². The summed E-state index contributed by atoms with van der Waals surface area (Å²) >= 11 is 0. The number of likely N-dealkylation sites (tertiary alicyclic amines) is 1. The number of rotatable bonds is 4. The van der Waals surface area contributed by atoms with Crippen molar-refractivity contribution >= 4 is 11.7 Å². The molecule has 1 aliphatic carbocycles. The average molecular weight is 359 g/mol.